The summed E-state index contributed by atoms with van der Waals surface area (Å²) in [4.78, 5) is 36.5. The van der Waals surface area contributed by atoms with Crippen molar-refractivity contribution in [3.05, 3.63) is 47.5 Å². The molecule has 0 aliphatic rings. The number of benzene rings is 1. The van der Waals surface area contributed by atoms with Crippen molar-refractivity contribution in [2.75, 3.05) is 13.1 Å². The van der Waals surface area contributed by atoms with E-state index in [0.717, 1.165) is 4.90 Å². The van der Waals surface area contributed by atoms with E-state index in [1.165, 1.54) is 42.8 Å². The number of carboxylic acids is 1. The first-order chi connectivity index (χ1) is 12.7. The summed E-state index contributed by atoms with van der Waals surface area (Å²) >= 11 is 0. The molecule has 1 atom stereocenters. The van der Waals surface area contributed by atoms with Crippen molar-refractivity contribution in [3.63, 3.8) is 0 Å². The molecule has 0 spiro atoms. The van der Waals surface area contributed by atoms with Gasteiger partial charge in [-0.05, 0) is 38.1 Å². The van der Waals surface area contributed by atoms with Gasteiger partial charge in [0.2, 0.25) is 5.91 Å². The first-order valence-electron chi connectivity index (χ1n) is 8.31. The molecule has 27 heavy (non-hydrogen) atoms. The summed E-state index contributed by atoms with van der Waals surface area (Å²) in [5, 5.41) is 16.1. The number of hydrogen-bond acceptors (Lipinski definition) is 4. The first kappa shape index (κ1) is 20.1. The number of nitrogens with one attached hydrogen (secondary N) is 1. The Balaban J connectivity index is 2.29. The van der Waals surface area contributed by atoms with Crippen molar-refractivity contribution >= 4 is 17.8 Å². The third kappa shape index (κ3) is 4.90. The topological polar surface area (TPSA) is 105 Å². The van der Waals surface area contributed by atoms with Gasteiger partial charge in [-0.2, -0.15) is 5.10 Å². The Hall–Kier alpha value is -3.23. The lowest BCUT2D eigenvalue weighted by atomic mass is 10.2. The quantitative estimate of drug-likeness (QED) is 0.759. The molecule has 0 radical (unpaired) electrons. The van der Waals surface area contributed by atoms with E-state index in [2.05, 4.69) is 10.4 Å². The second-order valence-corrected chi connectivity index (χ2v) is 6.08. The molecule has 0 aliphatic carbocycles. The zero-order chi connectivity index (χ0) is 20.1. The molecule has 2 aromatic rings. The van der Waals surface area contributed by atoms with Gasteiger partial charge in [-0.25, -0.2) is 13.9 Å². The lowest BCUT2D eigenvalue weighted by Gasteiger charge is -2.26. The summed E-state index contributed by atoms with van der Waals surface area (Å²) < 4.78 is 14.5. The van der Waals surface area contributed by atoms with Gasteiger partial charge in [-0.1, -0.05) is 0 Å². The van der Waals surface area contributed by atoms with Gasteiger partial charge in [0.1, 0.15) is 11.9 Å². The summed E-state index contributed by atoms with van der Waals surface area (Å²) in [5.74, 6) is -2.39. The van der Waals surface area contributed by atoms with Crippen molar-refractivity contribution in [2.24, 2.45) is 0 Å². The van der Waals surface area contributed by atoms with Crippen molar-refractivity contribution in [1.29, 1.82) is 0 Å². The minimum absolute atomic E-state index is 0.0225. The summed E-state index contributed by atoms with van der Waals surface area (Å²) in [7, 11) is 0. The molecule has 0 saturated heterocycles. The summed E-state index contributed by atoms with van der Waals surface area (Å²) in [6.07, 6.45) is 1.61. The van der Waals surface area contributed by atoms with Gasteiger partial charge in [0.05, 0.1) is 5.69 Å². The third-order valence-electron chi connectivity index (χ3n) is 4.00. The van der Waals surface area contributed by atoms with Crippen LogP contribution in [0, 0.1) is 12.7 Å². The van der Waals surface area contributed by atoms with E-state index in [0.29, 0.717) is 11.3 Å². The monoisotopic (exact) mass is 376 g/mol. The van der Waals surface area contributed by atoms with Gasteiger partial charge >= 0.3 is 5.97 Å². The number of carbonyl (C=O) groups is 3. The molecular formula is C18H21FN4O4. The Kier molecular flexibility index (Phi) is 6.27. The molecule has 144 valence electrons. The zero-order valence-electron chi connectivity index (χ0n) is 15.3. The van der Waals surface area contributed by atoms with Gasteiger partial charge in [-0.15, -0.1) is 0 Å². The maximum absolute atomic E-state index is 13.1. The van der Waals surface area contributed by atoms with Gasteiger partial charge in [-0.3, -0.25) is 9.59 Å². The highest BCUT2D eigenvalue weighted by atomic mass is 19.1. The normalized spacial score (nSPS) is 11.7. The maximum atomic E-state index is 13.1. The minimum Gasteiger partial charge on any atom is -0.480 e. The fraction of sp³-hybridized carbons (Fsp3) is 0.333. The average Bonchev–Trinajstić information content (AvgIpc) is 2.99. The average molecular weight is 376 g/mol. The highest BCUT2D eigenvalue weighted by Gasteiger charge is 2.29. The summed E-state index contributed by atoms with van der Waals surface area (Å²) in [5.41, 5.74) is 1.20. The Bertz CT molecular complexity index is 848. The van der Waals surface area contributed by atoms with E-state index in [4.69, 9.17) is 0 Å². The van der Waals surface area contributed by atoms with Crippen LogP contribution in [0.15, 0.2) is 30.5 Å². The molecule has 1 heterocycles. The second-order valence-electron chi connectivity index (χ2n) is 6.08. The van der Waals surface area contributed by atoms with E-state index < -0.39 is 23.7 Å². The fourth-order valence-electron chi connectivity index (χ4n) is 2.49. The van der Waals surface area contributed by atoms with Gasteiger partial charge in [0.25, 0.3) is 5.91 Å². The van der Waals surface area contributed by atoms with Crippen LogP contribution in [0.5, 0.6) is 0 Å². The molecular weight excluding hydrogens is 355 g/mol. The van der Waals surface area contributed by atoms with E-state index in [1.54, 1.807) is 13.1 Å². The number of aryl methyl sites for hydroxylation is 1. The zero-order valence-corrected chi connectivity index (χ0v) is 15.3. The number of aliphatic carboxylic acids is 1. The van der Waals surface area contributed by atoms with Gasteiger partial charge < -0.3 is 15.3 Å². The predicted octanol–water partition coefficient (Wildman–Crippen LogP) is 1.37. The number of hydrogen-bond donors (Lipinski definition) is 2. The van der Waals surface area contributed by atoms with Crippen LogP contribution in [0.2, 0.25) is 0 Å². The minimum atomic E-state index is -1.17. The molecule has 9 heteroatoms. The number of carbonyl (C=O) groups excluding carboxylic acids is 2. The van der Waals surface area contributed by atoms with E-state index >= 15 is 0 Å². The molecule has 0 aliphatic heterocycles. The van der Waals surface area contributed by atoms with Gasteiger partial charge in [0, 0.05) is 31.8 Å². The standard InChI is InChI=1S/C18H21FN4O4/c1-11-10-23(15-6-4-14(19)5-7-15)21-16(11)17(25)22(12(2)18(26)27)9-8-20-13(3)24/h4-7,10,12H,8-9H2,1-3H3,(H,20,24)(H,26,27). The number of aromatic nitrogens is 2. The van der Waals surface area contributed by atoms with Crippen molar-refractivity contribution in [2.45, 2.75) is 26.8 Å². The first-order valence-corrected chi connectivity index (χ1v) is 8.31. The van der Waals surface area contributed by atoms with Crippen LogP contribution in [0.25, 0.3) is 5.69 Å². The smallest absolute Gasteiger partial charge is 0.326 e. The van der Waals surface area contributed by atoms with Crippen LogP contribution < -0.4 is 5.32 Å². The van der Waals surface area contributed by atoms with Crippen LogP contribution in [0.1, 0.15) is 29.9 Å². The molecule has 0 bridgehead atoms. The summed E-state index contributed by atoms with van der Waals surface area (Å²) in [6, 6.07) is 4.50. The maximum Gasteiger partial charge on any atom is 0.326 e. The number of amides is 2. The van der Waals surface area contributed by atoms with Crippen LogP contribution in [-0.2, 0) is 9.59 Å². The van der Waals surface area contributed by atoms with Crippen LogP contribution in [-0.4, -0.2) is 56.7 Å². The van der Waals surface area contributed by atoms with Crippen molar-refractivity contribution in [3.8, 4) is 5.69 Å². The SMILES string of the molecule is CC(=O)NCCN(C(=O)c1nn(-c2ccc(F)cc2)cc1C)C(C)C(=O)O. The lowest BCUT2D eigenvalue weighted by Crippen LogP contribution is -2.47. The Morgan fingerprint density at radius 1 is 1.30 bits per heavy atom. The van der Waals surface area contributed by atoms with E-state index in [1.807, 2.05) is 0 Å². The Morgan fingerprint density at radius 3 is 2.48 bits per heavy atom. The number of halogens is 1. The Labute approximate surface area is 155 Å². The second kappa shape index (κ2) is 8.43. The van der Waals surface area contributed by atoms with Crippen molar-refractivity contribution in [1.82, 2.24) is 20.0 Å². The summed E-state index contributed by atoms with van der Waals surface area (Å²) in [6.45, 7) is 4.55. The predicted molar refractivity (Wildman–Crippen MR) is 95.1 cm³/mol. The molecule has 1 aromatic heterocycles. The fourth-order valence-corrected chi connectivity index (χ4v) is 2.49. The van der Waals surface area contributed by atoms with Gasteiger partial charge in [0.15, 0.2) is 5.69 Å². The van der Waals surface area contributed by atoms with Crippen molar-refractivity contribution < 1.29 is 23.9 Å². The number of nitrogens with zero attached hydrogens (tertiary/aromatic N) is 3. The molecule has 8 nitrogen and oxygen atoms in total. The molecule has 1 unspecified atom stereocenters. The lowest BCUT2D eigenvalue weighted by molar-refractivity contribution is -0.141. The molecule has 0 saturated carbocycles. The van der Waals surface area contributed by atoms with Crippen LogP contribution >= 0.6 is 0 Å². The van der Waals surface area contributed by atoms with E-state index in [9.17, 15) is 23.9 Å². The van der Waals surface area contributed by atoms with Crippen LogP contribution in [0.3, 0.4) is 0 Å². The molecule has 2 N–H and O–H groups in total. The molecule has 0 fully saturated rings. The molecule has 1 aromatic carbocycles. The molecule has 2 rings (SSSR count). The highest BCUT2D eigenvalue weighted by Crippen LogP contribution is 2.15. The van der Waals surface area contributed by atoms with Crippen LogP contribution in [0.4, 0.5) is 4.39 Å². The molecule has 2 amide bonds. The largest absolute Gasteiger partial charge is 0.480 e. The number of carboxylic acid groups (broad SMARTS) is 1. The third-order valence-corrected chi connectivity index (χ3v) is 4.00. The van der Waals surface area contributed by atoms with E-state index in [-0.39, 0.29) is 24.7 Å². The highest BCUT2D eigenvalue weighted by molar-refractivity contribution is 5.96. The Morgan fingerprint density at radius 2 is 1.93 bits per heavy atom. The number of rotatable bonds is 7.